The fourth-order valence-corrected chi connectivity index (χ4v) is 7.92. The van der Waals surface area contributed by atoms with Gasteiger partial charge in [0, 0.05) is 50.0 Å². The number of unbranched alkanes of at least 4 members (excludes halogenated alkanes) is 2. The average molecular weight is 902 g/mol. The molecule has 65 heavy (non-hydrogen) atoms. The number of nitrogens with zero attached hydrogens (tertiary/aromatic N) is 2. The minimum Gasteiger partial charge on any atom is -0.370 e. The number of rotatable bonds is 27. The van der Waals surface area contributed by atoms with Crippen LogP contribution in [-0.4, -0.2) is 120 Å². The Labute approximate surface area is 379 Å². The Bertz CT molecular complexity index is 2090. The Kier molecular flexibility index (Phi) is 20.7. The number of para-hydroxylation sites is 1. The predicted molar refractivity (Wildman–Crippen MR) is 247 cm³/mol. The van der Waals surface area contributed by atoms with Crippen LogP contribution in [0.25, 0.3) is 10.9 Å². The van der Waals surface area contributed by atoms with Crippen molar-refractivity contribution in [2.75, 3.05) is 26.2 Å². The molecule has 0 unspecified atom stereocenters. The van der Waals surface area contributed by atoms with Crippen molar-refractivity contribution in [1.82, 2.24) is 36.5 Å². The van der Waals surface area contributed by atoms with E-state index in [2.05, 4.69) is 36.6 Å². The van der Waals surface area contributed by atoms with Crippen LogP contribution in [0.4, 0.5) is 0 Å². The first-order valence-corrected chi connectivity index (χ1v) is 22.3. The van der Waals surface area contributed by atoms with Crippen LogP contribution in [0.3, 0.4) is 0 Å². The van der Waals surface area contributed by atoms with E-state index in [1.54, 1.807) is 18.3 Å². The average Bonchev–Trinajstić information content (AvgIpc) is 3.94. The largest absolute Gasteiger partial charge is 0.370 e. The number of aliphatic imine (C=N–C) groups is 1. The maximum atomic E-state index is 14.5. The van der Waals surface area contributed by atoms with Crippen LogP contribution < -0.4 is 55.3 Å². The third-order valence-electron chi connectivity index (χ3n) is 11.3. The maximum Gasteiger partial charge on any atom is 0.245 e. The number of carbonyl (C=O) groups is 7. The lowest BCUT2D eigenvalue weighted by molar-refractivity contribution is -0.142. The third-order valence-corrected chi connectivity index (χ3v) is 11.3. The fraction of sp³-hybridized carbons (Fsp3) is 0.511. The van der Waals surface area contributed by atoms with Crippen molar-refractivity contribution in [2.24, 2.45) is 33.7 Å². The van der Waals surface area contributed by atoms with Crippen molar-refractivity contribution in [2.45, 2.75) is 120 Å². The molecule has 0 bridgehead atoms. The fourth-order valence-electron chi connectivity index (χ4n) is 7.92. The van der Waals surface area contributed by atoms with Gasteiger partial charge in [0.05, 0.1) is 0 Å². The maximum absolute atomic E-state index is 14.5. The first-order valence-electron chi connectivity index (χ1n) is 22.3. The third kappa shape index (κ3) is 16.2. The lowest BCUT2D eigenvalue weighted by atomic mass is 10.0. The van der Waals surface area contributed by atoms with Crippen LogP contribution >= 0.6 is 0 Å². The van der Waals surface area contributed by atoms with E-state index in [1.165, 1.54) is 11.8 Å². The first kappa shape index (κ1) is 51.1. The van der Waals surface area contributed by atoms with Crippen LogP contribution in [0.5, 0.6) is 0 Å². The Balaban J connectivity index is 1.52. The van der Waals surface area contributed by atoms with Gasteiger partial charge in [0.1, 0.15) is 36.3 Å². The van der Waals surface area contributed by atoms with Gasteiger partial charge in [-0.25, -0.2) is 0 Å². The normalized spacial score (nSPS) is 15.7. The topological polar surface area (TPSA) is 341 Å². The number of carbonyl (C=O) groups excluding carboxylic acids is 7. The van der Waals surface area contributed by atoms with Crippen molar-refractivity contribution in [3.05, 3.63) is 71.9 Å². The van der Waals surface area contributed by atoms with E-state index < -0.39 is 77.6 Å². The molecule has 1 aliphatic rings. The minimum atomic E-state index is -1.15. The van der Waals surface area contributed by atoms with Crippen LogP contribution in [0.15, 0.2) is 65.8 Å². The molecule has 2 aromatic carbocycles. The zero-order valence-electron chi connectivity index (χ0n) is 37.2. The minimum absolute atomic E-state index is 0.0751. The van der Waals surface area contributed by atoms with E-state index in [0.717, 1.165) is 22.0 Å². The Hall–Kier alpha value is -6.54. The Morgan fingerprint density at radius 1 is 0.692 bits per heavy atom. The van der Waals surface area contributed by atoms with Gasteiger partial charge in [0.15, 0.2) is 5.96 Å². The van der Waals surface area contributed by atoms with E-state index in [-0.39, 0.29) is 57.6 Å². The molecule has 3 aromatic rings. The molecule has 1 aliphatic heterocycles. The number of primary amides is 1. The number of guanidine groups is 1. The van der Waals surface area contributed by atoms with Crippen molar-refractivity contribution in [3.8, 4) is 0 Å². The second-order valence-corrected chi connectivity index (χ2v) is 16.4. The number of fused-ring (bicyclic) bond motifs is 1. The number of hydrogen-bond donors (Lipinski definition) is 11. The number of nitrogens with two attached hydrogens (primary N) is 5. The highest BCUT2D eigenvalue weighted by molar-refractivity contribution is 5.97. The standard InChI is InChI=1S/C45H67N13O7/c1-28(59)53-33(19-11-23-51-45(49)50)40(61)54-34(17-7-9-21-46)41(62)55-35(18-8-10-22-47)44(65)58-24-12-20-38(58)43(64)57-37(25-29-13-3-2-4-14-29)42(63)56-36(39(48)60)26-30-27-52-32-16-6-5-15-31(30)32/h2-6,13-16,27,33-38,52H,7-12,17-26,46-47H2,1H3,(H2,48,60)(H,53,59)(H,54,61)(H,55,62)(H,56,63)(H,57,64)(H4,49,50,51)/t33-,34-,35-,36-,37-,38-/m0/s1. The molecule has 354 valence electrons. The molecule has 4 rings (SSSR count). The second kappa shape index (κ2) is 26.3. The Morgan fingerprint density at radius 2 is 1.28 bits per heavy atom. The summed E-state index contributed by atoms with van der Waals surface area (Å²) in [5.41, 5.74) is 30.6. The first-order chi connectivity index (χ1) is 31.2. The van der Waals surface area contributed by atoms with Crippen LogP contribution in [0, 0.1) is 0 Å². The van der Waals surface area contributed by atoms with Crippen molar-refractivity contribution >= 4 is 58.2 Å². The molecule has 20 nitrogen and oxygen atoms in total. The van der Waals surface area contributed by atoms with Crippen molar-refractivity contribution < 1.29 is 33.6 Å². The summed E-state index contributed by atoms with van der Waals surface area (Å²) < 4.78 is 0. The second-order valence-electron chi connectivity index (χ2n) is 16.4. The molecule has 0 spiro atoms. The van der Waals surface area contributed by atoms with Crippen LogP contribution in [0.2, 0.25) is 0 Å². The molecule has 0 radical (unpaired) electrons. The zero-order valence-corrected chi connectivity index (χ0v) is 37.2. The van der Waals surface area contributed by atoms with E-state index in [1.807, 2.05) is 42.5 Å². The van der Waals surface area contributed by atoms with Crippen LogP contribution in [0.1, 0.15) is 82.3 Å². The summed E-state index contributed by atoms with van der Waals surface area (Å²) in [5, 5.41) is 14.7. The number of hydrogen-bond acceptors (Lipinski definition) is 10. The summed E-state index contributed by atoms with van der Waals surface area (Å²) in [7, 11) is 0. The molecule has 0 aliphatic carbocycles. The number of amides is 7. The molecular formula is C45H67N13O7. The van der Waals surface area contributed by atoms with Gasteiger partial charge in [0.2, 0.25) is 41.4 Å². The lowest BCUT2D eigenvalue weighted by Crippen LogP contribution is -2.59. The molecule has 1 fully saturated rings. The number of aromatic nitrogens is 1. The molecule has 20 heteroatoms. The monoisotopic (exact) mass is 902 g/mol. The molecule has 0 saturated carbocycles. The summed E-state index contributed by atoms with van der Waals surface area (Å²) in [6.45, 7) is 2.40. The van der Waals surface area contributed by atoms with Gasteiger partial charge < -0.3 is 65.1 Å². The van der Waals surface area contributed by atoms with Crippen molar-refractivity contribution in [1.29, 1.82) is 0 Å². The molecule has 1 aromatic heterocycles. The summed E-state index contributed by atoms with van der Waals surface area (Å²) in [6, 6.07) is 10.2. The predicted octanol–water partition coefficient (Wildman–Crippen LogP) is -0.815. The summed E-state index contributed by atoms with van der Waals surface area (Å²) in [6.07, 6.45) is 5.70. The number of aromatic amines is 1. The van der Waals surface area contributed by atoms with E-state index >= 15 is 0 Å². The van der Waals surface area contributed by atoms with Gasteiger partial charge in [-0.1, -0.05) is 48.5 Å². The van der Waals surface area contributed by atoms with Gasteiger partial charge in [-0.05, 0) is 94.5 Å². The van der Waals surface area contributed by atoms with E-state index in [0.29, 0.717) is 51.6 Å². The highest BCUT2D eigenvalue weighted by Crippen LogP contribution is 2.22. The van der Waals surface area contributed by atoms with Gasteiger partial charge in [-0.2, -0.15) is 0 Å². The smallest absolute Gasteiger partial charge is 0.245 e. The molecule has 7 amide bonds. The van der Waals surface area contributed by atoms with Gasteiger partial charge >= 0.3 is 0 Å². The van der Waals surface area contributed by atoms with E-state index in [9.17, 15) is 33.6 Å². The highest BCUT2D eigenvalue weighted by atomic mass is 16.2. The van der Waals surface area contributed by atoms with Crippen LogP contribution in [-0.2, 0) is 46.4 Å². The molecule has 16 N–H and O–H groups in total. The number of benzene rings is 2. The summed E-state index contributed by atoms with van der Waals surface area (Å²) >= 11 is 0. The number of likely N-dealkylation sites (tertiary alicyclic amines) is 1. The van der Waals surface area contributed by atoms with Crippen molar-refractivity contribution in [3.63, 3.8) is 0 Å². The molecule has 1 saturated heterocycles. The highest BCUT2D eigenvalue weighted by Gasteiger charge is 2.40. The summed E-state index contributed by atoms with van der Waals surface area (Å²) in [4.78, 5) is 104. The molecule has 2 heterocycles. The lowest BCUT2D eigenvalue weighted by Gasteiger charge is -2.31. The zero-order chi connectivity index (χ0) is 47.3. The Morgan fingerprint density at radius 3 is 1.92 bits per heavy atom. The number of H-pyrrole nitrogens is 1. The summed E-state index contributed by atoms with van der Waals surface area (Å²) in [5.74, 6) is -4.26. The van der Waals surface area contributed by atoms with Gasteiger partial charge in [-0.3, -0.25) is 38.6 Å². The van der Waals surface area contributed by atoms with E-state index in [4.69, 9.17) is 28.7 Å². The quantitative estimate of drug-likeness (QED) is 0.0255. The SMILES string of the molecule is CC(=O)N[C@@H](CCCN=C(N)N)C(=O)N[C@@H](CCCCN)C(=O)N[C@@H](CCCCN)C(=O)N1CCC[C@H]1C(=O)N[C@@H](Cc1ccccc1)C(=O)N[C@@H](Cc1c[nH]c2ccccc12)C(N)=O. The van der Waals surface area contributed by atoms with Gasteiger partial charge in [-0.15, -0.1) is 0 Å². The number of nitrogens with one attached hydrogen (secondary N) is 6. The molecular weight excluding hydrogens is 835 g/mol. The van der Waals surface area contributed by atoms with Gasteiger partial charge in [0.25, 0.3) is 0 Å². The molecule has 6 atom stereocenters.